The number of nitrogens with zero attached hydrogens (tertiary/aromatic N) is 4. The average Bonchev–Trinajstić information content (AvgIpc) is 3.60. The second-order valence-electron chi connectivity index (χ2n) is 13.1. The number of alkyl halides is 3. The zero-order chi connectivity index (χ0) is 35.5. The maximum absolute atomic E-state index is 14.1. The Morgan fingerprint density at radius 2 is 1.36 bits per heavy atom. The van der Waals surface area contributed by atoms with Crippen LogP contribution in [0, 0.1) is 41.5 Å². The van der Waals surface area contributed by atoms with Gasteiger partial charge < -0.3 is 4.74 Å². The molecule has 0 N–H and O–H groups in total. The largest absolute Gasteiger partial charge is 0.457 e. The summed E-state index contributed by atoms with van der Waals surface area (Å²) < 4.78 is 52.5. The van der Waals surface area contributed by atoms with E-state index < -0.39 is 12.6 Å². The molecule has 0 saturated heterocycles. The highest BCUT2D eigenvalue weighted by Crippen LogP contribution is 2.41. The van der Waals surface area contributed by atoms with Crippen LogP contribution in [-0.2, 0) is 12.8 Å². The second kappa shape index (κ2) is 12.5. The van der Waals surface area contributed by atoms with Crippen molar-refractivity contribution in [2.45, 2.75) is 67.5 Å². The smallest absolute Gasteiger partial charge is 0.394 e. The zero-order valence-electron chi connectivity index (χ0n) is 29.3. The lowest BCUT2D eigenvalue weighted by Gasteiger charge is -2.20. The summed E-state index contributed by atoms with van der Waals surface area (Å²) in [5, 5.41) is 6.86. The lowest BCUT2D eigenvalue weighted by molar-refractivity contribution is -0.127. The van der Waals surface area contributed by atoms with Gasteiger partial charge in [-0.2, -0.15) is 18.3 Å². The van der Waals surface area contributed by atoms with Gasteiger partial charge in [-0.05, 0) is 129 Å². The molecule has 0 amide bonds. The van der Waals surface area contributed by atoms with Gasteiger partial charge in [0.1, 0.15) is 17.3 Å². The van der Waals surface area contributed by atoms with Gasteiger partial charge in [0, 0.05) is 34.7 Å². The highest BCUT2D eigenvalue weighted by molar-refractivity contribution is 6.09. The van der Waals surface area contributed by atoms with Crippen molar-refractivity contribution in [2.24, 2.45) is 0 Å². The minimum absolute atomic E-state index is 0.0255. The van der Waals surface area contributed by atoms with Crippen molar-refractivity contribution >= 4 is 21.8 Å². The van der Waals surface area contributed by atoms with Gasteiger partial charge in [-0.3, -0.25) is 4.57 Å². The topological polar surface area (TPSA) is 44.9 Å². The Morgan fingerprint density at radius 1 is 0.680 bits per heavy atom. The van der Waals surface area contributed by atoms with Gasteiger partial charge in [0.25, 0.3) is 0 Å². The van der Waals surface area contributed by atoms with Gasteiger partial charge in [0.15, 0.2) is 0 Å². The second-order valence-corrected chi connectivity index (χ2v) is 13.1. The van der Waals surface area contributed by atoms with Gasteiger partial charge in [-0.1, -0.05) is 31.2 Å². The standard InChI is InChI=1S/C42H39F3N4O/c1-8-36-41(40-28(6)26(4)25(3)27(5)29(40)7)35(23-42(43,44)45)47-49(36)30-12-11-13-31(21-30)50-32-16-17-34-33-14-9-10-15-37(33)48(38(34)22-32)39-20-24(2)18-19-46-39/h9-22H,8,23H2,1-7H3. The number of pyridine rings is 1. The monoisotopic (exact) mass is 672 g/mol. The first-order valence-corrected chi connectivity index (χ1v) is 16.9. The first-order valence-electron chi connectivity index (χ1n) is 16.9. The molecule has 7 aromatic rings. The summed E-state index contributed by atoms with van der Waals surface area (Å²) in [6.45, 7) is 14.1. The van der Waals surface area contributed by atoms with Crippen LogP contribution in [0.4, 0.5) is 13.2 Å². The summed E-state index contributed by atoms with van der Waals surface area (Å²) in [6.07, 6.45) is -3.24. The molecule has 0 bridgehead atoms. The number of benzene rings is 4. The van der Waals surface area contributed by atoms with Crippen molar-refractivity contribution in [1.82, 2.24) is 19.3 Å². The molecule has 0 unspecified atom stereocenters. The van der Waals surface area contributed by atoms with Crippen LogP contribution in [0.15, 0.2) is 85.1 Å². The van der Waals surface area contributed by atoms with E-state index in [-0.39, 0.29) is 5.69 Å². The third-order valence-electron chi connectivity index (χ3n) is 10.1. The number of hydrogen-bond donors (Lipinski definition) is 0. The van der Waals surface area contributed by atoms with Crippen LogP contribution < -0.4 is 4.74 Å². The first-order chi connectivity index (χ1) is 23.9. The normalized spacial score (nSPS) is 12.0. The number of aryl methyl sites for hydroxylation is 1. The molecule has 0 aliphatic carbocycles. The fourth-order valence-electron chi connectivity index (χ4n) is 7.24. The Labute approximate surface area is 290 Å². The molecule has 7 rings (SSSR count). The molecule has 0 aliphatic heterocycles. The maximum atomic E-state index is 14.1. The van der Waals surface area contributed by atoms with E-state index in [1.807, 2.05) is 102 Å². The summed E-state index contributed by atoms with van der Waals surface area (Å²) >= 11 is 0. The number of fused-ring (bicyclic) bond motifs is 3. The lowest BCUT2D eigenvalue weighted by atomic mass is 9.85. The molecular formula is C42H39F3N4O. The van der Waals surface area contributed by atoms with Crippen LogP contribution in [-0.4, -0.2) is 25.5 Å². The molecule has 0 fully saturated rings. The van der Waals surface area contributed by atoms with E-state index >= 15 is 0 Å². The Bertz CT molecular complexity index is 2400. The summed E-state index contributed by atoms with van der Waals surface area (Å²) in [6, 6.07) is 25.6. The Morgan fingerprint density at radius 3 is 2.06 bits per heavy atom. The lowest BCUT2D eigenvalue weighted by Crippen LogP contribution is -2.13. The molecule has 0 aliphatic rings. The van der Waals surface area contributed by atoms with E-state index in [2.05, 4.69) is 45.8 Å². The van der Waals surface area contributed by atoms with Crippen molar-refractivity contribution in [3.8, 4) is 34.1 Å². The van der Waals surface area contributed by atoms with Gasteiger partial charge in [-0.15, -0.1) is 0 Å². The van der Waals surface area contributed by atoms with Crippen molar-refractivity contribution in [3.05, 3.63) is 130 Å². The molecule has 0 radical (unpaired) electrons. The summed E-state index contributed by atoms with van der Waals surface area (Å²) in [5.74, 6) is 1.98. The predicted octanol–water partition coefficient (Wildman–Crippen LogP) is 11.3. The van der Waals surface area contributed by atoms with Crippen LogP contribution >= 0.6 is 0 Å². The average molecular weight is 673 g/mol. The van der Waals surface area contributed by atoms with Gasteiger partial charge >= 0.3 is 6.18 Å². The molecule has 5 nitrogen and oxygen atoms in total. The van der Waals surface area contributed by atoms with E-state index in [4.69, 9.17) is 4.74 Å². The third-order valence-corrected chi connectivity index (χ3v) is 10.1. The van der Waals surface area contributed by atoms with E-state index in [1.54, 1.807) is 4.68 Å². The molecule has 3 aromatic heterocycles. The minimum Gasteiger partial charge on any atom is -0.457 e. The molecule has 254 valence electrons. The van der Waals surface area contributed by atoms with Gasteiger partial charge in [0.2, 0.25) is 0 Å². The summed E-state index contributed by atoms with van der Waals surface area (Å²) in [4.78, 5) is 4.68. The molecular weight excluding hydrogens is 633 g/mol. The van der Waals surface area contributed by atoms with Crippen LogP contribution in [0.5, 0.6) is 11.5 Å². The van der Waals surface area contributed by atoms with Crippen molar-refractivity contribution in [3.63, 3.8) is 0 Å². The third kappa shape index (κ3) is 5.72. The number of halogens is 3. The van der Waals surface area contributed by atoms with Crippen molar-refractivity contribution in [1.29, 1.82) is 0 Å². The molecule has 0 spiro atoms. The molecule has 0 atom stereocenters. The van der Waals surface area contributed by atoms with Crippen molar-refractivity contribution < 1.29 is 17.9 Å². The molecule has 3 heterocycles. The van der Waals surface area contributed by atoms with Crippen molar-refractivity contribution in [2.75, 3.05) is 0 Å². The fraction of sp³-hybridized carbons (Fsp3) is 0.238. The highest BCUT2D eigenvalue weighted by atomic mass is 19.4. The van der Waals surface area contributed by atoms with Gasteiger partial charge in [-0.25, -0.2) is 9.67 Å². The Kier molecular flexibility index (Phi) is 8.29. The predicted molar refractivity (Wildman–Crippen MR) is 195 cm³/mol. The number of para-hydroxylation sites is 1. The maximum Gasteiger partial charge on any atom is 0.394 e. The number of hydrogen-bond acceptors (Lipinski definition) is 3. The highest BCUT2D eigenvalue weighted by Gasteiger charge is 2.34. The van der Waals surface area contributed by atoms with E-state index in [0.717, 1.165) is 72.3 Å². The van der Waals surface area contributed by atoms with Crippen LogP contribution in [0.2, 0.25) is 0 Å². The summed E-state index contributed by atoms with van der Waals surface area (Å²) in [7, 11) is 0. The quantitative estimate of drug-likeness (QED) is 0.169. The Balaban J connectivity index is 1.34. The molecule has 8 heteroatoms. The van der Waals surface area contributed by atoms with Gasteiger partial charge in [0.05, 0.1) is 34.5 Å². The van der Waals surface area contributed by atoms with E-state index in [1.165, 1.54) is 0 Å². The van der Waals surface area contributed by atoms with Crippen LogP contribution in [0.1, 0.15) is 51.7 Å². The van der Waals surface area contributed by atoms with Crippen LogP contribution in [0.3, 0.4) is 0 Å². The Hall–Kier alpha value is -5.37. The van der Waals surface area contributed by atoms with E-state index in [9.17, 15) is 13.2 Å². The molecule has 0 saturated carbocycles. The minimum atomic E-state index is -4.42. The fourth-order valence-corrected chi connectivity index (χ4v) is 7.24. The SMILES string of the molecule is CCc1c(-c2c(C)c(C)c(C)c(C)c2C)c(CC(F)(F)F)nn1-c1cccc(Oc2ccc3c4ccccc4n(-c4cc(C)ccn4)c3c2)c1. The van der Waals surface area contributed by atoms with Crippen LogP contribution in [0.25, 0.3) is 44.4 Å². The molecule has 4 aromatic carbocycles. The number of ether oxygens (including phenoxy) is 1. The first kappa shape index (κ1) is 33.1. The zero-order valence-corrected chi connectivity index (χ0v) is 29.3. The van der Waals surface area contributed by atoms with E-state index in [0.29, 0.717) is 29.2 Å². The number of rotatable bonds is 7. The summed E-state index contributed by atoms with van der Waals surface area (Å²) in [5.41, 5.74) is 11.2. The number of aromatic nitrogens is 4. The molecule has 50 heavy (non-hydrogen) atoms.